The van der Waals surface area contributed by atoms with Crippen LogP contribution in [0.15, 0.2) is 47.3 Å². The third-order valence-corrected chi connectivity index (χ3v) is 3.21. The van der Waals surface area contributed by atoms with Crippen LogP contribution in [0, 0.1) is 13.8 Å². The molecule has 0 amide bonds. The second-order valence-corrected chi connectivity index (χ2v) is 4.75. The lowest BCUT2D eigenvalue weighted by molar-refractivity contribution is 1.06. The molecule has 0 aliphatic heterocycles. The molecule has 0 fully saturated rings. The van der Waals surface area contributed by atoms with Gasteiger partial charge in [0.15, 0.2) is 0 Å². The van der Waals surface area contributed by atoms with Gasteiger partial charge in [-0.05, 0) is 37.1 Å². The van der Waals surface area contributed by atoms with Gasteiger partial charge in [-0.15, -0.1) is 0 Å². The first kappa shape index (κ1) is 11.7. The number of fused-ring (bicyclic) bond motifs is 1. The van der Waals surface area contributed by atoms with E-state index < -0.39 is 0 Å². The molecule has 1 N–H and O–H groups in total. The molecule has 2 aromatic carbocycles. The van der Waals surface area contributed by atoms with Crippen LogP contribution >= 0.6 is 0 Å². The number of aromatic amines is 1. The maximum Gasteiger partial charge on any atom is 0.258 e. The number of nitrogens with one attached hydrogen (secondary N) is 1. The summed E-state index contributed by atoms with van der Waals surface area (Å²) >= 11 is 0. The highest BCUT2D eigenvalue weighted by atomic mass is 16.1. The third-order valence-electron chi connectivity index (χ3n) is 3.21. The van der Waals surface area contributed by atoms with E-state index in [0.717, 1.165) is 16.6 Å². The smallest absolute Gasteiger partial charge is 0.258 e. The predicted octanol–water partition coefficient (Wildman–Crippen LogP) is 3.21. The van der Waals surface area contributed by atoms with Crippen molar-refractivity contribution in [2.45, 2.75) is 13.8 Å². The van der Waals surface area contributed by atoms with Gasteiger partial charge >= 0.3 is 0 Å². The van der Waals surface area contributed by atoms with Gasteiger partial charge in [0, 0.05) is 0 Å². The monoisotopic (exact) mass is 250 g/mol. The van der Waals surface area contributed by atoms with Gasteiger partial charge in [0.2, 0.25) is 0 Å². The Morgan fingerprint density at radius 3 is 2.37 bits per heavy atom. The molecule has 0 atom stereocenters. The Labute approximate surface area is 111 Å². The van der Waals surface area contributed by atoms with E-state index in [1.54, 1.807) is 6.92 Å². The summed E-state index contributed by atoms with van der Waals surface area (Å²) in [5, 5.41) is 0.626. The standard InChI is InChI=1S/C16H14N2O/c1-10-3-5-12(6-4-10)13-7-8-14-15(9-13)17-11(2)18-16(14)19/h3-9H,1-2H3,(H,17,18,19). The molecule has 0 aliphatic carbocycles. The van der Waals surface area contributed by atoms with E-state index in [0.29, 0.717) is 11.2 Å². The Kier molecular flexibility index (Phi) is 2.67. The summed E-state index contributed by atoms with van der Waals surface area (Å²) in [6.07, 6.45) is 0. The molecule has 3 nitrogen and oxygen atoms in total. The van der Waals surface area contributed by atoms with Crippen LogP contribution < -0.4 is 5.56 Å². The fourth-order valence-corrected chi connectivity index (χ4v) is 2.18. The first-order chi connectivity index (χ1) is 9.13. The Morgan fingerprint density at radius 2 is 1.63 bits per heavy atom. The van der Waals surface area contributed by atoms with Crippen LogP contribution in [-0.2, 0) is 0 Å². The average Bonchev–Trinajstić information content (AvgIpc) is 2.38. The summed E-state index contributed by atoms with van der Waals surface area (Å²) in [5.41, 5.74) is 4.09. The SMILES string of the molecule is Cc1ccc(-c2ccc3c(=O)[nH]c(C)nc3c2)cc1. The summed E-state index contributed by atoms with van der Waals surface area (Å²) in [4.78, 5) is 18.9. The van der Waals surface area contributed by atoms with Gasteiger partial charge in [0.25, 0.3) is 5.56 Å². The number of H-pyrrole nitrogens is 1. The van der Waals surface area contributed by atoms with Crippen LogP contribution in [0.2, 0.25) is 0 Å². The Morgan fingerprint density at radius 1 is 0.947 bits per heavy atom. The number of aryl methyl sites for hydroxylation is 2. The van der Waals surface area contributed by atoms with Crippen molar-refractivity contribution in [3.8, 4) is 11.1 Å². The zero-order valence-corrected chi connectivity index (χ0v) is 10.9. The minimum atomic E-state index is -0.0852. The van der Waals surface area contributed by atoms with E-state index in [4.69, 9.17) is 0 Å². The Hall–Kier alpha value is -2.42. The van der Waals surface area contributed by atoms with Crippen molar-refractivity contribution in [1.29, 1.82) is 0 Å². The quantitative estimate of drug-likeness (QED) is 0.720. The number of hydrogen-bond acceptors (Lipinski definition) is 2. The van der Waals surface area contributed by atoms with E-state index in [1.165, 1.54) is 5.56 Å². The molecule has 0 aliphatic rings. The van der Waals surface area contributed by atoms with E-state index in [9.17, 15) is 4.79 Å². The van der Waals surface area contributed by atoms with Gasteiger partial charge in [0.1, 0.15) is 5.82 Å². The molecule has 0 bridgehead atoms. The van der Waals surface area contributed by atoms with Crippen molar-refractivity contribution < 1.29 is 0 Å². The highest BCUT2D eigenvalue weighted by Crippen LogP contribution is 2.22. The Bertz CT molecular complexity index is 801. The van der Waals surface area contributed by atoms with Gasteiger partial charge in [-0.3, -0.25) is 4.79 Å². The van der Waals surface area contributed by atoms with E-state index in [1.807, 2.05) is 18.2 Å². The highest BCUT2D eigenvalue weighted by Gasteiger charge is 2.04. The van der Waals surface area contributed by atoms with Crippen LogP contribution in [0.5, 0.6) is 0 Å². The van der Waals surface area contributed by atoms with E-state index in [-0.39, 0.29) is 5.56 Å². The number of hydrogen-bond donors (Lipinski definition) is 1. The predicted molar refractivity (Wildman–Crippen MR) is 77.3 cm³/mol. The maximum absolute atomic E-state index is 11.8. The summed E-state index contributed by atoms with van der Waals surface area (Å²) in [7, 11) is 0. The zero-order valence-electron chi connectivity index (χ0n) is 10.9. The summed E-state index contributed by atoms with van der Waals surface area (Å²) in [6.45, 7) is 3.86. The normalized spacial score (nSPS) is 10.8. The fourth-order valence-electron chi connectivity index (χ4n) is 2.18. The topological polar surface area (TPSA) is 45.8 Å². The molecule has 0 unspecified atom stereocenters. The number of aromatic nitrogens is 2. The molecule has 0 saturated heterocycles. The molecule has 1 aromatic heterocycles. The zero-order chi connectivity index (χ0) is 13.4. The molecule has 19 heavy (non-hydrogen) atoms. The van der Waals surface area contributed by atoms with E-state index in [2.05, 4.69) is 41.2 Å². The molecule has 3 aromatic rings. The van der Waals surface area contributed by atoms with Crippen LogP contribution in [0.25, 0.3) is 22.0 Å². The van der Waals surface area contributed by atoms with Crippen molar-refractivity contribution in [3.63, 3.8) is 0 Å². The van der Waals surface area contributed by atoms with Crippen molar-refractivity contribution in [1.82, 2.24) is 9.97 Å². The number of nitrogens with zero attached hydrogens (tertiary/aromatic N) is 1. The molecule has 0 spiro atoms. The van der Waals surface area contributed by atoms with Crippen LogP contribution in [-0.4, -0.2) is 9.97 Å². The first-order valence-electron chi connectivity index (χ1n) is 6.21. The average molecular weight is 250 g/mol. The third kappa shape index (κ3) is 2.15. The maximum atomic E-state index is 11.8. The summed E-state index contributed by atoms with van der Waals surface area (Å²) < 4.78 is 0. The van der Waals surface area contributed by atoms with Gasteiger partial charge in [-0.1, -0.05) is 35.9 Å². The lowest BCUT2D eigenvalue weighted by atomic mass is 10.0. The summed E-state index contributed by atoms with van der Waals surface area (Å²) in [5.74, 6) is 0.638. The van der Waals surface area contributed by atoms with Crippen molar-refractivity contribution >= 4 is 10.9 Å². The molecule has 0 radical (unpaired) electrons. The van der Waals surface area contributed by atoms with Crippen molar-refractivity contribution in [2.24, 2.45) is 0 Å². The molecule has 1 heterocycles. The molecule has 3 rings (SSSR count). The number of benzene rings is 2. The molecule has 0 saturated carbocycles. The van der Waals surface area contributed by atoms with Crippen LogP contribution in [0.3, 0.4) is 0 Å². The second kappa shape index (κ2) is 4.35. The minimum Gasteiger partial charge on any atom is -0.310 e. The Balaban J connectivity index is 2.21. The summed E-state index contributed by atoms with van der Waals surface area (Å²) in [6, 6.07) is 14.1. The molecular formula is C16H14N2O. The lowest BCUT2D eigenvalue weighted by Gasteiger charge is -2.04. The van der Waals surface area contributed by atoms with E-state index >= 15 is 0 Å². The van der Waals surface area contributed by atoms with Crippen LogP contribution in [0.1, 0.15) is 11.4 Å². The lowest BCUT2D eigenvalue weighted by Crippen LogP contribution is -2.09. The second-order valence-electron chi connectivity index (χ2n) is 4.75. The molecule has 3 heteroatoms. The fraction of sp³-hybridized carbons (Fsp3) is 0.125. The van der Waals surface area contributed by atoms with Gasteiger partial charge < -0.3 is 4.98 Å². The first-order valence-corrected chi connectivity index (χ1v) is 6.21. The van der Waals surface area contributed by atoms with Gasteiger partial charge in [-0.25, -0.2) is 4.98 Å². The van der Waals surface area contributed by atoms with Crippen molar-refractivity contribution in [2.75, 3.05) is 0 Å². The van der Waals surface area contributed by atoms with Crippen LogP contribution in [0.4, 0.5) is 0 Å². The molecule has 94 valence electrons. The largest absolute Gasteiger partial charge is 0.310 e. The minimum absolute atomic E-state index is 0.0852. The van der Waals surface area contributed by atoms with Gasteiger partial charge in [0.05, 0.1) is 10.9 Å². The van der Waals surface area contributed by atoms with Crippen molar-refractivity contribution in [3.05, 3.63) is 64.2 Å². The number of rotatable bonds is 1. The molecular weight excluding hydrogens is 236 g/mol. The highest BCUT2D eigenvalue weighted by molar-refractivity contribution is 5.83. The van der Waals surface area contributed by atoms with Gasteiger partial charge in [-0.2, -0.15) is 0 Å².